The predicted octanol–water partition coefficient (Wildman–Crippen LogP) is 0.919. The first-order valence-corrected chi connectivity index (χ1v) is 4.53. The molecule has 6 heteroatoms. The fraction of sp³-hybridized carbons (Fsp3) is 0.375. The molecule has 0 aromatic carbocycles. The lowest BCUT2D eigenvalue weighted by molar-refractivity contribution is 0.233. The first kappa shape index (κ1) is 10.6. The van der Waals surface area contributed by atoms with Gasteiger partial charge in [-0.1, -0.05) is 0 Å². The van der Waals surface area contributed by atoms with Crippen molar-refractivity contribution in [1.82, 2.24) is 9.97 Å². The average Bonchev–Trinajstić information content (AvgIpc) is 2.06. The molecule has 0 spiro atoms. The van der Waals surface area contributed by atoms with Crippen molar-refractivity contribution >= 4 is 23.0 Å². The SMILES string of the molecule is CC(C)Oc1ncncc1NC(N)=S. The van der Waals surface area contributed by atoms with Crippen LogP contribution in [-0.2, 0) is 0 Å². The number of nitrogens with zero attached hydrogens (tertiary/aromatic N) is 2. The predicted molar refractivity (Wildman–Crippen MR) is 58.2 cm³/mol. The Bertz CT molecular complexity index is 329. The Labute approximate surface area is 87.7 Å². The Morgan fingerprint density at radius 3 is 2.93 bits per heavy atom. The third-order valence-corrected chi connectivity index (χ3v) is 1.38. The van der Waals surface area contributed by atoms with E-state index in [2.05, 4.69) is 15.3 Å². The summed E-state index contributed by atoms with van der Waals surface area (Å²) in [4.78, 5) is 7.80. The minimum absolute atomic E-state index is 0.0387. The molecule has 0 aliphatic heterocycles. The summed E-state index contributed by atoms with van der Waals surface area (Å²) < 4.78 is 5.42. The molecule has 0 saturated carbocycles. The van der Waals surface area contributed by atoms with Crippen LogP contribution in [0.1, 0.15) is 13.8 Å². The van der Waals surface area contributed by atoms with E-state index in [-0.39, 0.29) is 11.2 Å². The molecule has 1 rings (SSSR count). The van der Waals surface area contributed by atoms with Crippen LogP contribution in [0.5, 0.6) is 5.88 Å². The Morgan fingerprint density at radius 2 is 2.36 bits per heavy atom. The molecule has 0 amide bonds. The Morgan fingerprint density at radius 1 is 1.64 bits per heavy atom. The van der Waals surface area contributed by atoms with Crippen molar-refractivity contribution < 1.29 is 4.74 Å². The zero-order valence-electron chi connectivity index (χ0n) is 8.02. The number of hydrogen-bond donors (Lipinski definition) is 2. The highest BCUT2D eigenvalue weighted by Gasteiger charge is 2.07. The minimum Gasteiger partial charge on any atom is -0.473 e. The third-order valence-electron chi connectivity index (χ3n) is 1.28. The molecule has 1 aromatic heterocycles. The van der Waals surface area contributed by atoms with Gasteiger partial charge in [0.05, 0.1) is 12.3 Å². The molecule has 5 nitrogen and oxygen atoms in total. The van der Waals surface area contributed by atoms with Gasteiger partial charge in [0.25, 0.3) is 0 Å². The van der Waals surface area contributed by atoms with Crippen LogP contribution in [0.4, 0.5) is 5.69 Å². The van der Waals surface area contributed by atoms with Crippen molar-refractivity contribution in [2.45, 2.75) is 20.0 Å². The van der Waals surface area contributed by atoms with E-state index in [9.17, 15) is 0 Å². The van der Waals surface area contributed by atoms with E-state index in [0.717, 1.165) is 0 Å². The van der Waals surface area contributed by atoms with Gasteiger partial charge in [0.2, 0.25) is 5.88 Å². The zero-order chi connectivity index (χ0) is 10.6. The molecule has 0 unspecified atom stereocenters. The van der Waals surface area contributed by atoms with E-state index in [1.165, 1.54) is 6.33 Å². The quantitative estimate of drug-likeness (QED) is 0.726. The maximum absolute atomic E-state index is 5.42. The van der Waals surface area contributed by atoms with Gasteiger partial charge in [-0.2, -0.15) is 4.98 Å². The summed E-state index contributed by atoms with van der Waals surface area (Å²) in [6, 6.07) is 0. The van der Waals surface area contributed by atoms with Gasteiger partial charge in [-0.15, -0.1) is 0 Å². The van der Waals surface area contributed by atoms with Crippen LogP contribution in [0.3, 0.4) is 0 Å². The molecule has 0 aliphatic rings. The number of thiocarbonyl (C=S) groups is 1. The van der Waals surface area contributed by atoms with Crippen LogP contribution >= 0.6 is 12.2 Å². The fourth-order valence-corrected chi connectivity index (χ4v) is 0.964. The molecule has 0 fully saturated rings. The number of rotatable bonds is 3. The second-order valence-electron chi connectivity index (χ2n) is 2.90. The normalized spacial score (nSPS) is 9.93. The lowest BCUT2D eigenvalue weighted by Gasteiger charge is -2.12. The molecular formula is C8H12N4OS. The molecule has 0 saturated heterocycles. The van der Waals surface area contributed by atoms with Crippen molar-refractivity contribution in [3.05, 3.63) is 12.5 Å². The van der Waals surface area contributed by atoms with Gasteiger partial charge < -0.3 is 15.8 Å². The van der Waals surface area contributed by atoms with Gasteiger partial charge >= 0.3 is 0 Å². The summed E-state index contributed by atoms with van der Waals surface area (Å²) in [6.45, 7) is 3.82. The minimum atomic E-state index is 0.0387. The summed E-state index contributed by atoms with van der Waals surface area (Å²) in [6.07, 6.45) is 3.00. The van der Waals surface area contributed by atoms with Gasteiger partial charge in [-0.25, -0.2) is 4.98 Å². The van der Waals surface area contributed by atoms with Gasteiger partial charge in [0.15, 0.2) is 5.11 Å². The molecule has 14 heavy (non-hydrogen) atoms. The van der Waals surface area contributed by atoms with E-state index in [1.807, 2.05) is 13.8 Å². The van der Waals surface area contributed by atoms with E-state index < -0.39 is 0 Å². The van der Waals surface area contributed by atoms with Crippen LogP contribution in [0.15, 0.2) is 12.5 Å². The maximum atomic E-state index is 5.42. The summed E-state index contributed by atoms with van der Waals surface area (Å²) in [5, 5.41) is 2.90. The first-order chi connectivity index (χ1) is 6.59. The van der Waals surface area contributed by atoms with E-state index in [4.69, 9.17) is 22.7 Å². The third kappa shape index (κ3) is 3.14. The summed E-state index contributed by atoms with van der Waals surface area (Å²) in [7, 11) is 0. The van der Waals surface area contributed by atoms with Gasteiger partial charge in [0.1, 0.15) is 12.0 Å². The number of anilines is 1. The Balaban J connectivity index is 2.85. The van der Waals surface area contributed by atoms with Crippen LogP contribution < -0.4 is 15.8 Å². The van der Waals surface area contributed by atoms with Crippen molar-refractivity contribution in [3.8, 4) is 5.88 Å². The van der Waals surface area contributed by atoms with E-state index in [1.54, 1.807) is 6.20 Å². The second-order valence-corrected chi connectivity index (χ2v) is 3.34. The molecule has 0 aliphatic carbocycles. The molecule has 0 atom stereocenters. The fourth-order valence-electron chi connectivity index (χ4n) is 0.854. The van der Waals surface area contributed by atoms with Crippen molar-refractivity contribution in [1.29, 1.82) is 0 Å². The van der Waals surface area contributed by atoms with Crippen molar-refractivity contribution in [2.75, 3.05) is 5.32 Å². The van der Waals surface area contributed by atoms with Crippen LogP contribution in [0, 0.1) is 0 Å². The zero-order valence-corrected chi connectivity index (χ0v) is 8.84. The van der Waals surface area contributed by atoms with Crippen LogP contribution in [0.2, 0.25) is 0 Å². The number of nitrogens with one attached hydrogen (secondary N) is 1. The standard InChI is InChI=1S/C8H12N4OS/c1-5(2)13-7-6(12-8(9)14)3-10-4-11-7/h3-5H,1-2H3,(H3,9,12,14). The highest BCUT2D eigenvalue weighted by Crippen LogP contribution is 2.19. The highest BCUT2D eigenvalue weighted by molar-refractivity contribution is 7.80. The molecule has 3 N–H and O–H groups in total. The van der Waals surface area contributed by atoms with Gasteiger partial charge in [-0.05, 0) is 26.1 Å². The lowest BCUT2D eigenvalue weighted by Crippen LogP contribution is -2.20. The topological polar surface area (TPSA) is 73.1 Å². The Kier molecular flexibility index (Phi) is 3.58. The average molecular weight is 212 g/mol. The molecule has 1 heterocycles. The maximum Gasteiger partial charge on any atom is 0.241 e. The number of hydrogen-bond acceptors (Lipinski definition) is 4. The highest BCUT2D eigenvalue weighted by atomic mass is 32.1. The number of nitrogens with two attached hydrogens (primary N) is 1. The first-order valence-electron chi connectivity index (χ1n) is 4.12. The monoisotopic (exact) mass is 212 g/mol. The molecule has 1 aromatic rings. The number of ether oxygens (including phenoxy) is 1. The lowest BCUT2D eigenvalue weighted by atomic mass is 10.4. The molecular weight excluding hydrogens is 200 g/mol. The molecule has 0 radical (unpaired) electrons. The van der Waals surface area contributed by atoms with Gasteiger partial charge in [-0.3, -0.25) is 0 Å². The number of aromatic nitrogens is 2. The second kappa shape index (κ2) is 4.71. The van der Waals surface area contributed by atoms with Crippen molar-refractivity contribution in [2.24, 2.45) is 5.73 Å². The van der Waals surface area contributed by atoms with Crippen LogP contribution in [0.25, 0.3) is 0 Å². The molecule has 0 bridgehead atoms. The Hall–Kier alpha value is -1.43. The molecule has 76 valence electrons. The smallest absolute Gasteiger partial charge is 0.241 e. The van der Waals surface area contributed by atoms with E-state index >= 15 is 0 Å². The van der Waals surface area contributed by atoms with E-state index in [0.29, 0.717) is 11.6 Å². The van der Waals surface area contributed by atoms with Crippen LogP contribution in [-0.4, -0.2) is 21.2 Å². The van der Waals surface area contributed by atoms with Crippen molar-refractivity contribution in [3.63, 3.8) is 0 Å². The summed E-state index contributed by atoms with van der Waals surface area (Å²) in [5.41, 5.74) is 5.91. The summed E-state index contributed by atoms with van der Waals surface area (Å²) >= 11 is 4.71. The summed E-state index contributed by atoms with van der Waals surface area (Å²) in [5.74, 6) is 0.447. The van der Waals surface area contributed by atoms with Gasteiger partial charge in [0, 0.05) is 0 Å². The largest absolute Gasteiger partial charge is 0.473 e.